The Balaban J connectivity index is 1.81. The summed E-state index contributed by atoms with van der Waals surface area (Å²) in [4.78, 5) is 0. The normalized spacial score (nSPS) is 12.7. The van der Waals surface area contributed by atoms with Crippen molar-refractivity contribution in [2.24, 2.45) is 10.2 Å². The standard InChI is InChI=1S/C21H17N3/c1-14(15-7-6-8-16(22)13-15)23-24-21-19-11-4-2-9-17(19)18-10-3-5-12-20(18)21/h2-13H,22H2,1H3/b23-14-. The summed E-state index contributed by atoms with van der Waals surface area (Å²) >= 11 is 0. The maximum absolute atomic E-state index is 5.85. The van der Waals surface area contributed by atoms with E-state index in [0.717, 1.165) is 33.8 Å². The second-order valence-electron chi connectivity index (χ2n) is 5.85. The summed E-state index contributed by atoms with van der Waals surface area (Å²) in [7, 11) is 0. The zero-order valence-electron chi connectivity index (χ0n) is 13.4. The van der Waals surface area contributed by atoms with E-state index >= 15 is 0 Å². The van der Waals surface area contributed by atoms with Crippen molar-refractivity contribution < 1.29 is 0 Å². The van der Waals surface area contributed by atoms with Crippen LogP contribution in [0.5, 0.6) is 0 Å². The molecule has 0 unspecified atom stereocenters. The molecule has 3 aromatic rings. The van der Waals surface area contributed by atoms with Gasteiger partial charge in [0.2, 0.25) is 0 Å². The third-order valence-electron chi connectivity index (χ3n) is 4.26. The fourth-order valence-corrected chi connectivity index (χ4v) is 3.05. The highest BCUT2D eigenvalue weighted by Gasteiger charge is 2.23. The number of hydrogen-bond donors (Lipinski definition) is 1. The second-order valence-corrected chi connectivity index (χ2v) is 5.85. The lowest BCUT2D eigenvalue weighted by atomic mass is 10.1. The Bertz CT molecular complexity index is 936. The summed E-state index contributed by atoms with van der Waals surface area (Å²) in [5.41, 5.74) is 14.0. The summed E-state index contributed by atoms with van der Waals surface area (Å²) in [6.07, 6.45) is 0. The maximum atomic E-state index is 5.85. The summed E-state index contributed by atoms with van der Waals surface area (Å²) in [6.45, 7) is 1.95. The molecular formula is C21H17N3. The van der Waals surface area contributed by atoms with Crippen LogP contribution in [0.2, 0.25) is 0 Å². The third kappa shape index (κ3) is 2.40. The van der Waals surface area contributed by atoms with Crippen molar-refractivity contribution >= 4 is 17.1 Å². The quantitative estimate of drug-likeness (QED) is 0.330. The first-order valence-electron chi connectivity index (χ1n) is 7.91. The van der Waals surface area contributed by atoms with Crippen molar-refractivity contribution in [3.05, 3.63) is 89.5 Å². The fraction of sp³-hybridized carbons (Fsp3) is 0.0476. The van der Waals surface area contributed by atoms with Gasteiger partial charge in [-0.15, -0.1) is 5.10 Å². The van der Waals surface area contributed by atoms with E-state index in [1.54, 1.807) is 0 Å². The number of nitrogen functional groups attached to an aromatic ring is 1. The molecule has 0 atom stereocenters. The Hall–Kier alpha value is -3.20. The van der Waals surface area contributed by atoms with Crippen molar-refractivity contribution in [1.29, 1.82) is 0 Å². The Kier molecular flexibility index (Phi) is 3.47. The molecule has 0 spiro atoms. The minimum atomic E-state index is 0.728. The fourth-order valence-electron chi connectivity index (χ4n) is 3.05. The van der Waals surface area contributed by atoms with Gasteiger partial charge in [-0.3, -0.25) is 0 Å². The molecule has 0 saturated heterocycles. The van der Waals surface area contributed by atoms with Gasteiger partial charge >= 0.3 is 0 Å². The molecule has 0 heterocycles. The zero-order chi connectivity index (χ0) is 16.5. The Morgan fingerprint density at radius 3 is 1.92 bits per heavy atom. The van der Waals surface area contributed by atoms with Crippen molar-refractivity contribution in [3.63, 3.8) is 0 Å². The summed E-state index contributed by atoms with van der Waals surface area (Å²) in [5.74, 6) is 0. The lowest BCUT2D eigenvalue weighted by molar-refractivity contribution is 1.23. The van der Waals surface area contributed by atoms with Crippen LogP contribution in [0.1, 0.15) is 23.6 Å². The van der Waals surface area contributed by atoms with E-state index in [1.807, 2.05) is 43.3 Å². The molecule has 1 aliphatic rings. The molecule has 3 nitrogen and oxygen atoms in total. The minimum absolute atomic E-state index is 0.728. The van der Waals surface area contributed by atoms with Gasteiger partial charge in [0.05, 0.1) is 5.71 Å². The van der Waals surface area contributed by atoms with E-state index in [4.69, 9.17) is 5.73 Å². The first kappa shape index (κ1) is 14.4. The van der Waals surface area contributed by atoms with E-state index < -0.39 is 0 Å². The number of benzene rings is 3. The van der Waals surface area contributed by atoms with E-state index in [0.29, 0.717) is 0 Å². The minimum Gasteiger partial charge on any atom is -0.399 e. The molecule has 24 heavy (non-hydrogen) atoms. The lowest BCUT2D eigenvalue weighted by Crippen LogP contribution is -2.00. The maximum Gasteiger partial charge on any atom is 0.101 e. The SMILES string of the molecule is C/C(=N/N=C1c2ccccc2-c2ccccc21)c1cccc(N)c1. The van der Waals surface area contributed by atoms with Crippen molar-refractivity contribution in [2.45, 2.75) is 6.92 Å². The highest BCUT2D eigenvalue weighted by atomic mass is 15.2. The number of fused-ring (bicyclic) bond motifs is 3. The van der Waals surface area contributed by atoms with Gasteiger partial charge in [-0.05, 0) is 35.7 Å². The highest BCUT2D eigenvalue weighted by molar-refractivity contribution is 6.24. The van der Waals surface area contributed by atoms with Crippen LogP contribution >= 0.6 is 0 Å². The van der Waals surface area contributed by atoms with Crippen LogP contribution in [0.3, 0.4) is 0 Å². The first-order valence-corrected chi connectivity index (χ1v) is 7.91. The first-order chi connectivity index (χ1) is 11.7. The molecule has 0 aliphatic heterocycles. The summed E-state index contributed by atoms with van der Waals surface area (Å²) < 4.78 is 0. The predicted molar refractivity (Wildman–Crippen MR) is 101 cm³/mol. The molecular weight excluding hydrogens is 294 g/mol. The molecule has 1 aliphatic carbocycles. The number of hydrogen-bond acceptors (Lipinski definition) is 3. The molecule has 0 radical (unpaired) electrons. The Labute approximate surface area is 141 Å². The average molecular weight is 311 g/mol. The van der Waals surface area contributed by atoms with Crippen LogP contribution in [0.15, 0.2) is 83.0 Å². The third-order valence-corrected chi connectivity index (χ3v) is 4.26. The number of rotatable bonds is 2. The molecule has 4 rings (SSSR count). The number of nitrogens with zero attached hydrogens (tertiary/aromatic N) is 2. The predicted octanol–water partition coefficient (Wildman–Crippen LogP) is 4.51. The lowest BCUT2D eigenvalue weighted by Gasteiger charge is -2.02. The van der Waals surface area contributed by atoms with Crippen LogP contribution in [0, 0.1) is 0 Å². The molecule has 2 N–H and O–H groups in total. The van der Waals surface area contributed by atoms with Crippen LogP contribution in [-0.4, -0.2) is 11.4 Å². The van der Waals surface area contributed by atoms with Gasteiger partial charge in [0, 0.05) is 16.8 Å². The molecule has 0 fully saturated rings. The van der Waals surface area contributed by atoms with Gasteiger partial charge in [0.1, 0.15) is 5.71 Å². The van der Waals surface area contributed by atoms with Gasteiger partial charge in [-0.25, -0.2) is 0 Å². The van der Waals surface area contributed by atoms with E-state index in [1.165, 1.54) is 11.1 Å². The van der Waals surface area contributed by atoms with Gasteiger partial charge < -0.3 is 5.73 Å². The molecule has 0 amide bonds. The molecule has 0 aromatic heterocycles. The highest BCUT2D eigenvalue weighted by Crippen LogP contribution is 2.36. The zero-order valence-corrected chi connectivity index (χ0v) is 13.4. The average Bonchev–Trinajstić information content (AvgIpc) is 2.94. The topological polar surface area (TPSA) is 50.7 Å². The molecule has 116 valence electrons. The number of anilines is 1. The summed E-state index contributed by atoms with van der Waals surface area (Å²) in [5, 5.41) is 9.04. The number of nitrogens with two attached hydrogens (primary N) is 1. The molecule has 3 aromatic carbocycles. The molecule has 0 saturated carbocycles. The van der Waals surface area contributed by atoms with Crippen LogP contribution in [0.25, 0.3) is 11.1 Å². The van der Waals surface area contributed by atoms with Crippen LogP contribution in [0.4, 0.5) is 5.69 Å². The summed E-state index contributed by atoms with van der Waals surface area (Å²) in [6, 6.07) is 24.3. The van der Waals surface area contributed by atoms with Crippen LogP contribution in [-0.2, 0) is 0 Å². The smallest absolute Gasteiger partial charge is 0.101 e. The van der Waals surface area contributed by atoms with Crippen molar-refractivity contribution in [1.82, 2.24) is 0 Å². The largest absolute Gasteiger partial charge is 0.399 e. The van der Waals surface area contributed by atoms with Gasteiger partial charge in [-0.1, -0.05) is 60.7 Å². The Morgan fingerprint density at radius 2 is 1.33 bits per heavy atom. The van der Waals surface area contributed by atoms with Crippen LogP contribution < -0.4 is 5.73 Å². The van der Waals surface area contributed by atoms with E-state index in [2.05, 4.69) is 46.6 Å². The van der Waals surface area contributed by atoms with Crippen molar-refractivity contribution in [2.75, 3.05) is 5.73 Å². The molecule has 0 bridgehead atoms. The van der Waals surface area contributed by atoms with Crippen molar-refractivity contribution in [3.8, 4) is 11.1 Å². The second kappa shape index (κ2) is 5.78. The van der Waals surface area contributed by atoms with Gasteiger partial charge in [0.15, 0.2) is 0 Å². The molecule has 3 heteroatoms. The Morgan fingerprint density at radius 1 is 0.750 bits per heavy atom. The van der Waals surface area contributed by atoms with Gasteiger partial charge in [-0.2, -0.15) is 5.10 Å². The van der Waals surface area contributed by atoms with E-state index in [-0.39, 0.29) is 0 Å². The monoisotopic (exact) mass is 311 g/mol. The van der Waals surface area contributed by atoms with E-state index in [9.17, 15) is 0 Å². The van der Waals surface area contributed by atoms with Gasteiger partial charge in [0.25, 0.3) is 0 Å².